The van der Waals surface area contributed by atoms with Crippen LogP contribution in [0.5, 0.6) is 0 Å². The number of hydrogen-bond acceptors (Lipinski definition) is 4. The summed E-state index contributed by atoms with van der Waals surface area (Å²) in [6, 6.07) is -0.241. The predicted octanol–water partition coefficient (Wildman–Crippen LogP) is 3.12. The third-order valence-electron chi connectivity index (χ3n) is 3.10. The van der Waals surface area contributed by atoms with Crippen LogP contribution in [0.1, 0.15) is 30.1 Å². The van der Waals surface area contributed by atoms with Crippen LogP contribution in [0.3, 0.4) is 0 Å². The van der Waals surface area contributed by atoms with E-state index in [1.807, 2.05) is 0 Å². The summed E-state index contributed by atoms with van der Waals surface area (Å²) in [4.78, 5) is 23.1. The maximum absolute atomic E-state index is 13.9. The zero-order valence-electron chi connectivity index (χ0n) is 12.1. The maximum atomic E-state index is 13.9. The molecule has 1 aromatic carbocycles. The van der Waals surface area contributed by atoms with Gasteiger partial charge >= 0.3 is 5.97 Å². The zero-order chi connectivity index (χ0) is 17.1. The van der Waals surface area contributed by atoms with Gasteiger partial charge in [-0.1, -0.05) is 0 Å². The molecule has 0 aliphatic heterocycles. The molecule has 2 rings (SSSR count). The number of ketones is 1. The van der Waals surface area contributed by atoms with Gasteiger partial charge in [0, 0.05) is 12.1 Å². The first-order valence-electron chi connectivity index (χ1n) is 6.88. The molecule has 124 valence electrons. The number of halogens is 4. The molecule has 0 radical (unpaired) electrons. The lowest BCUT2D eigenvalue weighted by molar-refractivity contribution is -0.137. The smallest absolute Gasteiger partial charge is 0.330 e. The topological polar surface area (TPSA) is 55.4 Å². The second-order valence-electron chi connectivity index (χ2n) is 4.87. The number of allylic oxidation sites excluding steroid dienone is 1. The van der Waals surface area contributed by atoms with Gasteiger partial charge in [-0.15, -0.1) is 0 Å². The zero-order valence-corrected chi connectivity index (χ0v) is 12.1. The van der Waals surface area contributed by atoms with Gasteiger partial charge in [-0.2, -0.15) is 0 Å². The van der Waals surface area contributed by atoms with Gasteiger partial charge in [-0.05, 0) is 25.8 Å². The van der Waals surface area contributed by atoms with E-state index in [1.165, 1.54) is 6.92 Å². The minimum absolute atomic E-state index is 0.0556. The van der Waals surface area contributed by atoms with E-state index in [2.05, 4.69) is 10.1 Å². The number of rotatable bonds is 6. The Morgan fingerprint density at radius 1 is 1.09 bits per heavy atom. The lowest BCUT2D eigenvalue weighted by Gasteiger charge is -2.13. The molecule has 0 atom stereocenters. The average Bonchev–Trinajstić information content (AvgIpc) is 3.33. The van der Waals surface area contributed by atoms with Crippen molar-refractivity contribution >= 4 is 17.4 Å². The number of benzene rings is 1. The number of nitrogens with one attached hydrogen (secondary N) is 1. The fourth-order valence-electron chi connectivity index (χ4n) is 1.85. The van der Waals surface area contributed by atoms with Crippen molar-refractivity contribution in [3.63, 3.8) is 0 Å². The van der Waals surface area contributed by atoms with E-state index < -0.39 is 46.3 Å². The van der Waals surface area contributed by atoms with Gasteiger partial charge in [0.15, 0.2) is 29.1 Å². The van der Waals surface area contributed by atoms with Crippen LogP contribution >= 0.6 is 0 Å². The standard InChI is InChI=1S/C15H13F4NO3/c1-2-23-9(22)6-5-8(21)10-11(16)12(17)13(18)14(19)15(10)20-7-3-4-7/h5-7,20H,2-4H2,1H3/b6-5+. The minimum atomic E-state index is -2.09. The van der Waals surface area contributed by atoms with E-state index in [9.17, 15) is 27.2 Å². The van der Waals surface area contributed by atoms with Crippen molar-refractivity contribution in [2.24, 2.45) is 0 Å². The molecule has 8 heteroatoms. The number of ether oxygens (including phenoxy) is 1. The van der Waals surface area contributed by atoms with Crippen LogP contribution in [0.2, 0.25) is 0 Å². The van der Waals surface area contributed by atoms with Crippen molar-refractivity contribution in [2.75, 3.05) is 11.9 Å². The number of carbonyl (C=O) groups is 2. The second kappa shape index (κ2) is 6.80. The monoisotopic (exact) mass is 331 g/mol. The van der Waals surface area contributed by atoms with Crippen molar-refractivity contribution in [1.82, 2.24) is 0 Å². The van der Waals surface area contributed by atoms with Crippen LogP contribution in [0, 0.1) is 23.3 Å². The molecule has 1 aliphatic rings. The van der Waals surface area contributed by atoms with Gasteiger partial charge in [0.2, 0.25) is 0 Å². The highest BCUT2D eigenvalue weighted by molar-refractivity contribution is 6.10. The van der Waals surface area contributed by atoms with Crippen molar-refractivity contribution in [1.29, 1.82) is 0 Å². The Balaban J connectivity index is 2.42. The second-order valence-corrected chi connectivity index (χ2v) is 4.87. The Kier molecular flexibility index (Phi) is 5.02. The molecule has 0 heterocycles. The fraction of sp³-hybridized carbons (Fsp3) is 0.333. The molecular weight excluding hydrogens is 318 g/mol. The number of esters is 1. The van der Waals surface area contributed by atoms with E-state index in [4.69, 9.17) is 0 Å². The molecule has 0 aromatic heterocycles. The Labute approximate surface area is 129 Å². The summed E-state index contributed by atoms with van der Waals surface area (Å²) >= 11 is 0. The first-order valence-corrected chi connectivity index (χ1v) is 6.88. The average molecular weight is 331 g/mol. The van der Waals surface area contributed by atoms with E-state index in [0.29, 0.717) is 25.0 Å². The molecule has 0 amide bonds. The highest BCUT2D eigenvalue weighted by Gasteiger charge is 2.31. The third-order valence-corrected chi connectivity index (χ3v) is 3.10. The number of anilines is 1. The first kappa shape index (κ1) is 17.0. The fourth-order valence-corrected chi connectivity index (χ4v) is 1.85. The van der Waals surface area contributed by atoms with E-state index in [-0.39, 0.29) is 12.6 Å². The highest BCUT2D eigenvalue weighted by atomic mass is 19.2. The minimum Gasteiger partial charge on any atom is -0.463 e. The maximum Gasteiger partial charge on any atom is 0.330 e. The summed E-state index contributed by atoms with van der Waals surface area (Å²) in [6.07, 6.45) is 2.58. The largest absolute Gasteiger partial charge is 0.463 e. The van der Waals surface area contributed by atoms with Gasteiger partial charge in [0.25, 0.3) is 0 Å². The van der Waals surface area contributed by atoms with Crippen LogP contribution in [0.4, 0.5) is 23.2 Å². The Morgan fingerprint density at radius 2 is 1.70 bits per heavy atom. The molecule has 1 aromatic rings. The molecule has 0 saturated heterocycles. The molecule has 4 nitrogen and oxygen atoms in total. The van der Waals surface area contributed by atoms with Gasteiger partial charge in [0.1, 0.15) is 0 Å². The van der Waals surface area contributed by atoms with E-state index in [0.717, 1.165) is 0 Å². The van der Waals surface area contributed by atoms with Crippen molar-refractivity contribution < 1.29 is 31.9 Å². The normalized spacial score (nSPS) is 14.1. The van der Waals surface area contributed by atoms with Crippen LogP contribution in [0.15, 0.2) is 12.2 Å². The lowest BCUT2D eigenvalue weighted by Crippen LogP contribution is -2.15. The van der Waals surface area contributed by atoms with Crippen molar-refractivity contribution in [3.05, 3.63) is 41.0 Å². The molecule has 1 saturated carbocycles. The van der Waals surface area contributed by atoms with Crippen LogP contribution in [0.25, 0.3) is 0 Å². The van der Waals surface area contributed by atoms with Crippen LogP contribution in [-0.4, -0.2) is 24.4 Å². The molecule has 1 aliphatic carbocycles. The highest BCUT2D eigenvalue weighted by Crippen LogP contribution is 2.33. The lowest BCUT2D eigenvalue weighted by atomic mass is 10.1. The van der Waals surface area contributed by atoms with E-state index >= 15 is 0 Å². The van der Waals surface area contributed by atoms with Gasteiger partial charge in [-0.3, -0.25) is 4.79 Å². The number of hydrogen-bond donors (Lipinski definition) is 1. The first-order chi connectivity index (χ1) is 10.9. The quantitative estimate of drug-likeness (QED) is 0.217. The molecular formula is C15H13F4NO3. The van der Waals surface area contributed by atoms with Crippen LogP contribution in [-0.2, 0) is 9.53 Å². The van der Waals surface area contributed by atoms with Gasteiger partial charge in [0.05, 0.1) is 17.9 Å². The summed E-state index contributed by atoms with van der Waals surface area (Å²) in [5, 5.41) is 2.46. The Morgan fingerprint density at radius 3 is 2.26 bits per heavy atom. The molecule has 0 bridgehead atoms. The summed E-state index contributed by atoms with van der Waals surface area (Å²) in [6.45, 7) is 1.59. The summed E-state index contributed by atoms with van der Waals surface area (Å²) in [7, 11) is 0. The Hall–Kier alpha value is -2.38. The van der Waals surface area contributed by atoms with Crippen molar-refractivity contribution in [3.8, 4) is 0 Å². The predicted molar refractivity (Wildman–Crippen MR) is 73.0 cm³/mol. The summed E-state index contributed by atoms with van der Waals surface area (Å²) in [5.41, 5.74) is -1.74. The molecule has 0 unspecified atom stereocenters. The molecule has 1 N–H and O–H groups in total. The number of carbonyl (C=O) groups excluding carboxylic acids is 2. The molecule has 1 fully saturated rings. The summed E-state index contributed by atoms with van der Waals surface area (Å²) in [5.74, 6) is -9.64. The molecule has 23 heavy (non-hydrogen) atoms. The van der Waals surface area contributed by atoms with Crippen molar-refractivity contribution in [2.45, 2.75) is 25.8 Å². The summed E-state index contributed by atoms with van der Waals surface area (Å²) < 4.78 is 59.0. The third kappa shape index (κ3) is 3.69. The van der Waals surface area contributed by atoms with E-state index in [1.54, 1.807) is 0 Å². The molecule has 0 spiro atoms. The van der Waals surface area contributed by atoms with Gasteiger partial charge < -0.3 is 10.1 Å². The van der Waals surface area contributed by atoms with Gasteiger partial charge in [-0.25, -0.2) is 22.4 Å². The Bertz CT molecular complexity index is 684. The SMILES string of the molecule is CCOC(=O)/C=C/C(=O)c1c(F)c(F)c(F)c(F)c1NC1CC1. The van der Waals surface area contributed by atoms with Crippen LogP contribution < -0.4 is 5.32 Å².